The lowest BCUT2D eigenvalue weighted by atomic mass is 10.1. The van der Waals surface area contributed by atoms with Gasteiger partial charge in [0, 0.05) is 11.3 Å². The van der Waals surface area contributed by atoms with E-state index < -0.39 is 21.8 Å². The Morgan fingerprint density at radius 3 is 2.55 bits per heavy atom. The molecule has 160 valence electrons. The highest BCUT2D eigenvalue weighted by atomic mass is 32.2. The molecule has 8 nitrogen and oxygen atoms in total. The molecule has 2 aromatic carbocycles. The van der Waals surface area contributed by atoms with E-state index in [1.807, 2.05) is 0 Å². The molecule has 3 N–H and O–H groups in total. The highest BCUT2D eigenvalue weighted by Crippen LogP contribution is 2.32. The molecule has 4 aromatic rings. The van der Waals surface area contributed by atoms with Crippen LogP contribution < -0.4 is 10.5 Å². The van der Waals surface area contributed by atoms with Crippen LogP contribution in [-0.4, -0.2) is 28.0 Å². The fraction of sp³-hybridized carbons (Fsp3) is 0.105. The van der Waals surface area contributed by atoms with E-state index in [1.54, 1.807) is 13.0 Å². The Labute approximate surface area is 174 Å². The molecule has 0 fully saturated rings. The summed E-state index contributed by atoms with van der Waals surface area (Å²) in [6.07, 6.45) is -3.02. The number of nitrogens with one attached hydrogen (secondary N) is 1. The van der Waals surface area contributed by atoms with Gasteiger partial charge in [-0.1, -0.05) is 18.2 Å². The van der Waals surface area contributed by atoms with Crippen molar-refractivity contribution in [3.05, 3.63) is 66.0 Å². The molecule has 2 aromatic heterocycles. The van der Waals surface area contributed by atoms with Gasteiger partial charge in [-0.3, -0.25) is 0 Å². The Kier molecular flexibility index (Phi) is 4.90. The molecule has 0 aliphatic rings. The quantitative estimate of drug-likeness (QED) is 0.494. The van der Waals surface area contributed by atoms with Gasteiger partial charge in [0.1, 0.15) is 5.52 Å². The standard InChI is InChI=1S/C19H15F3N6O2S/c1-11-16-10-24-18(26-14-6-3-7-15(9-14)31(23,29)30)27-28(16)17(25-11)12-4-2-5-13(8-12)19(20,21)22/h2-10H,1H3,(H,26,27)(H2,23,29,30). The van der Waals surface area contributed by atoms with E-state index in [2.05, 4.69) is 20.4 Å². The van der Waals surface area contributed by atoms with Crippen molar-refractivity contribution < 1.29 is 21.6 Å². The molecule has 0 aliphatic heterocycles. The van der Waals surface area contributed by atoms with Crippen LogP contribution in [0.1, 0.15) is 11.3 Å². The minimum absolute atomic E-state index is 0.0877. The minimum Gasteiger partial charge on any atom is -0.323 e. The smallest absolute Gasteiger partial charge is 0.323 e. The summed E-state index contributed by atoms with van der Waals surface area (Å²) < 4.78 is 63.8. The summed E-state index contributed by atoms with van der Waals surface area (Å²) in [6, 6.07) is 10.5. The average molecular weight is 448 g/mol. The fourth-order valence-electron chi connectivity index (χ4n) is 2.98. The van der Waals surface area contributed by atoms with Crippen molar-refractivity contribution in [2.24, 2.45) is 5.14 Å². The first-order valence-corrected chi connectivity index (χ1v) is 10.4. The fourth-order valence-corrected chi connectivity index (χ4v) is 3.54. The number of anilines is 2. The summed E-state index contributed by atoms with van der Waals surface area (Å²) in [4.78, 5) is 8.43. The summed E-state index contributed by atoms with van der Waals surface area (Å²) >= 11 is 0. The Hall–Kier alpha value is -3.51. The summed E-state index contributed by atoms with van der Waals surface area (Å²) in [5.41, 5.74) is 0.847. The highest BCUT2D eigenvalue weighted by Gasteiger charge is 2.31. The maximum Gasteiger partial charge on any atom is 0.416 e. The number of fused-ring (bicyclic) bond motifs is 1. The third-order valence-electron chi connectivity index (χ3n) is 4.44. The first-order chi connectivity index (χ1) is 14.5. The molecule has 2 heterocycles. The van der Waals surface area contributed by atoms with Gasteiger partial charge in [-0.15, -0.1) is 5.10 Å². The Morgan fingerprint density at radius 1 is 1.10 bits per heavy atom. The lowest BCUT2D eigenvalue weighted by Gasteiger charge is -2.09. The van der Waals surface area contributed by atoms with Gasteiger partial charge < -0.3 is 5.32 Å². The van der Waals surface area contributed by atoms with Crippen LogP contribution in [0.3, 0.4) is 0 Å². The summed E-state index contributed by atoms with van der Waals surface area (Å²) in [7, 11) is -3.90. The van der Waals surface area contributed by atoms with Gasteiger partial charge in [0.15, 0.2) is 5.82 Å². The van der Waals surface area contributed by atoms with E-state index in [9.17, 15) is 21.6 Å². The molecule has 31 heavy (non-hydrogen) atoms. The Morgan fingerprint density at radius 2 is 1.84 bits per heavy atom. The molecule has 0 saturated carbocycles. The van der Waals surface area contributed by atoms with Crippen molar-refractivity contribution in [1.82, 2.24) is 19.6 Å². The van der Waals surface area contributed by atoms with E-state index in [0.717, 1.165) is 12.1 Å². The van der Waals surface area contributed by atoms with E-state index in [0.29, 0.717) is 16.9 Å². The topological polar surface area (TPSA) is 115 Å². The van der Waals surface area contributed by atoms with Crippen LogP contribution in [-0.2, 0) is 16.2 Å². The number of aromatic nitrogens is 4. The molecular formula is C19H15F3N6O2S. The predicted octanol–water partition coefficient (Wildman–Crippen LogP) is 3.51. The van der Waals surface area contributed by atoms with Gasteiger partial charge in [0.05, 0.1) is 22.3 Å². The van der Waals surface area contributed by atoms with Crippen LogP contribution in [0.25, 0.3) is 16.9 Å². The zero-order chi connectivity index (χ0) is 22.4. The highest BCUT2D eigenvalue weighted by molar-refractivity contribution is 7.89. The molecule has 4 rings (SSSR count). The molecule has 0 radical (unpaired) electrons. The van der Waals surface area contributed by atoms with Gasteiger partial charge >= 0.3 is 6.18 Å². The number of hydrogen-bond acceptors (Lipinski definition) is 6. The second-order valence-electron chi connectivity index (χ2n) is 6.68. The van der Waals surface area contributed by atoms with Gasteiger partial charge in [-0.25, -0.2) is 28.0 Å². The van der Waals surface area contributed by atoms with E-state index in [-0.39, 0.29) is 22.2 Å². The molecule has 0 saturated heterocycles. The number of aryl methyl sites for hydroxylation is 1. The second-order valence-corrected chi connectivity index (χ2v) is 8.24. The molecule has 0 aliphatic carbocycles. The lowest BCUT2D eigenvalue weighted by molar-refractivity contribution is -0.137. The van der Waals surface area contributed by atoms with Crippen molar-refractivity contribution in [2.45, 2.75) is 18.0 Å². The number of imidazole rings is 1. The Bertz CT molecular complexity index is 1400. The van der Waals surface area contributed by atoms with Crippen molar-refractivity contribution in [2.75, 3.05) is 5.32 Å². The zero-order valence-electron chi connectivity index (χ0n) is 15.9. The SMILES string of the molecule is Cc1nc(-c2cccc(C(F)(F)F)c2)n2nc(Nc3cccc(S(N)(=O)=O)c3)ncc12. The van der Waals surface area contributed by atoms with Crippen molar-refractivity contribution in [3.63, 3.8) is 0 Å². The van der Waals surface area contributed by atoms with Crippen LogP contribution in [0, 0.1) is 6.92 Å². The van der Waals surface area contributed by atoms with E-state index in [1.165, 1.54) is 41.0 Å². The predicted molar refractivity (Wildman–Crippen MR) is 107 cm³/mol. The maximum absolute atomic E-state index is 13.1. The number of rotatable bonds is 4. The second kappa shape index (κ2) is 7.32. The molecule has 0 atom stereocenters. The average Bonchev–Trinajstić information content (AvgIpc) is 3.03. The van der Waals surface area contributed by atoms with E-state index >= 15 is 0 Å². The van der Waals surface area contributed by atoms with Crippen LogP contribution in [0.4, 0.5) is 24.8 Å². The van der Waals surface area contributed by atoms with Crippen LogP contribution >= 0.6 is 0 Å². The maximum atomic E-state index is 13.1. The van der Waals surface area contributed by atoms with Gasteiger partial charge in [-0.2, -0.15) is 13.2 Å². The number of halogens is 3. The van der Waals surface area contributed by atoms with Crippen molar-refractivity contribution >= 4 is 27.2 Å². The lowest BCUT2D eigenvalue weighted by Crippen LogP contribution is -2.12. The third-order valence-corrected chi connectivity index (χ3v) is 5.35. The normalized spacial score (nSPS) is 12.3. The monoisotopic (exact) mass is 448 g/mol. The van der Waals surface area contributed by atoms with Crippen LogP contribution in [0.15, 0.2) is 59.6 Å². The number of hydrogen-bond donors (Lipinski definition) is 2. The number of nitrogens with two attached hydrogens (primary N) is 1. The number of sulfonamides is 1. The largest absolute Gasteiger partial charge is 0.416 e. The summed E-state index contributed by atoms with van der Waals surface area (Å²) in [6.45, 7) is 1.69. The van der Waals surface area contributed by atoms with E-state index in [4.69, 9.17) is 5.14 Å². The number of primary sulfonamides is 1. The summed E-state index contributed by atoms with van der Waals surface area (Å²) in [5.74, 6) is 0.298. The number of alkyl halides is 3. The van der Waals surface area contributed by atoms with Gasteiger partial charge in [-0.05, 0) is 37.3 Å². The number of nitrogens with zero attached hydrogens (tertiary/aromatic N) is 4. The number of benzene rings is 2. The first-order valence-electron chi connectivity index (χ1n) is 8.82. The Balaban J connectivity index is 1.77. The molecule has 0 amide bonds. The zero-order valence-corrected chi connectivity index (χ0v) is 16.7. The first kappa shape index (κ1) is 20.8. The minimum atomic E-state index is -4.49. The molecule has 0 spiro atoms. The van der Waals surface area contributed by atoms with Crippen molar-refractivity contribution in [1.29, 1.82) is 0 Å². The van der Waals surface area contributed by atoms with Gasteiger partial charge in [0.25, 0.3) is 0 Å². The third kappa shape index (κ3) is 4.20. The van der Waals surface area contributed by atoms with Crippen molar-refractivity contribution in [3.8, 4) is 11.4 Å². The van der Waals surface area contributed by atoms with Gasteiger partial charge in [0.2, 0.25) is 16.0 Å². The molecular weight excluding hydrogens is 433 g/mol. The molecule has 0 unspecified atom stereocenters. The van der Waals surface area contributed by atoms with Crippen LogP contribution in [0.5, 0.6) is 0 Å². The summed E-state index contributed by atoms with van der Waals surface area (Å²) in [5, 5.41) is 12.3. The molecule has 12 heteroatoms. The van der Waals surface area contributed by atoms with Crippen LogP contribution in [0.2, 0.25) is 0 Å². The molecule has 0 bridgehead atoms.